The van der Waals surface area contributed by atoms with Crippen molar-refractivity contribution in [1.29, 1.82) is 0 Å². The van der Waals surface area contributed by atoms with Gasteiger partial charge >= 0.3 is 0 Å². The van der Waals surface area contributed by atoms with Crippen molar-refractivity contribution in [2.75, 3.05) is 33.9 Å². The Bertz CT molecular complexity index is 1240. The van der Waals surface area contributed by atoms with E-state index in [2.05, 4.69) is 46.9 Å². The Morgan fingerprint density at radius 1 is 1.22 bits per heavy atom. The molecule has 0 aliphatic carbocycles. The number of aromatic amines is 1. The monoisotopic (exact) mass is 434 g/mol. The van der Waals surface area contributed by atoms with E-state index < -0.39 is 0 Å². The van der Waals surface area contributed by atoms with Crippen LogP contribution in [0.1, 0.15) is 38.2 Å². The van der Waals surface area contributed by atoms with Crippen molar-refractivity contribution >= 4 is 16.7 Å². The van der Waals surface area contributed by atoms with Crippen LogP contribution in [0.4, 0.5) is 0 Å². The first-order valence-corrected chi connectivity index (χ1v) is 11.2. The first-order valence-electron chi connectivity index (χ1n) is 11.2. The van der Waals surface area contributed by atoms with Gasteiger partial charge in [-0.1, -0.05) is 13.8 Å². The van der Waals surface area contributed by atoms with Crippen LogP contribution in [0.3, 0.4) is 0 Å². The maximum Gasteiger partial charge on any atom is 0.213 e. The maximum atomic E-state index is 6.14. The van der Waals surface area contributed by atoms with Gasteiger partial charge in [-0.15, -0.1) is 0 Å². The second-order valence-corrected chi connectivity index (χ2v) is 9.00. The van der Waals surface area contributed by atoms with E-state index in [1.165, 1.54) is 19.2 Å². The Labute approximate surface area is 187 Å². The second-order valence-electron chi connectivity index (χ2n) is 9.00. The second kappa shape index (κ2) is 8.43. The van der Waals surface area contributed by atoms with Gasteiger partial charge in [0.05, 0.1) is 30.4 Å². The number of fused-ring (bicyclic) bond motifs is 2. The van der Waals surface area contributed by atoms with Crippen LogP contribution in [0.25, 0.3) is 27.9 Å². The molecule has 0 aromatic carbocycles. The van der Waals surface area contributed by atoms with Crippen LogP contribution in [0, 0.1) is 5.92 Å². The normalized spacial score (nSPS) is 15.8. The van der Waals surface area contributed by atoms with E-state index in [-0.39, 0.29) is 5.92 Å². The molecule has 5 heterocycles. The number of methoxy groups -OCH3 is 1. The third-order valence-corrected chi connectivity index (χ3v) is 6.39. The minimum atomic E-state index is 0.271. The molecule has 0 spiro atoms. The number of hydrogen-bond donors (Lipinski definition) is 1. The predicted molar refractivity (Wildman–Crippen MR) is 124 cm³/mol. The number of aromatic nitrogens is 5. The first kappa shape index (κ1) is 20.8. The van der Waals surface area contributed by atoms with Gasteiger partial charge in [0.25, 0.3) is 0 Å². The number of nitrogens with zero attached hydrogens (tertiary/aromatic N) is 5. The molecule has 1 aliphatic heterocycles. The molecule has 0 radical (unpaired) electrons. The average molecular weight is 435 g/mol. The highest BCUT2D eigenvalue weighted by Gasteiger charge is 2.21. The Hall–Kier alpha value is -3.13. The summed E-state index contributed by atoms with van der Waals surface area (Å²) in [5.74, 6) is 2.24. The molecular weight excluding hydrogens is 404 g/mol. The Morgan fingerprint density at radius 2 is 2.03 bits per heavy atom. The molecule has 1 aliphatic rings. The molecule has 4 aromatic rings. The molecule has 1 saturated heterocycles. The Kier molecular flexibility index (Phi) is 5.46. The predicted octanol–water partition coefficient (Wildman–Crippen LogP) is 4.13. The van der Waals surface area contributed by atoms with Gasteiger partial charge in [-0.25, -0.2) is 14.5 Å². The van der Waals surface area contributed by atoms with Crippen molar-refractivity contribution in [3.05, 3.63) is 36.3 Å². The van der Waals surface area contributed by atoms with Crippen molar-refractivity contribution in [3.8, 4) is 22.9 Å². The van der Waals surface area contributed by atoms with E-state index in [4.69, 9.17) is 14.5 Å². The van der Waals surface area contributed by atoms with E-state index in [1.807, 2.05) is 18.3 Å². The van der Waals surface area contributed by atoms with Crippen molar-refractivity contribution in [1.82, 2.24) is 29.5 Å². The SMILES string of the molecule is COc1cc(-c2[nH]c3ccc(OCC4CCN(C)CC4)nc3c2C(C)C)cn2ncnc12. The van der Waals surface area contributed by atoms with Gasteiger partial charge in [0.1, 0.15) is 6.33 Å². The largest absolute Gasteiger partial charge is 0.493 e. The van der Waals surface area contributed by atoms with Crippen molar-refractivity contribution < 1.29 is 9.47 Å². The van der Waals surface area contributed by atoms with Crippen LogP contribution >= 0.6 is 0 Å². The van der Waals surface area contributed by atoms with Crippen molar-refractivity contribution in [2.45, 2.75) is 32.6 Å². The van der Waals surface area contributed by atoms with Crippen LogP contribution in [0.5, 0.6) is 11.6 Å². The summed E-state index contributed by atoms with van der Waals surface area (Å²) in [6, 6.07) is 6.02. The fraction of sp³-hybridized carbons (Fsp3) is 0.458. The number of nitrogens with one attached hydrogen (secondary N) is 1. The van der Waals surface area contributed by atoms with Crippen LogP contribution in [0.2, 0.25) is 0 Å². The van der Waals surface area contributed by atoms with Crippen LogP contribution in [-0.2, 0) is 0 Å². The molecule has 1 fully saturated rings. The van der Waals surface area contributed by atoms with Crippen LogP contribution in [0.15, 0.2) is 30.7 Å². The summed E-state index contributed by atoms with van der Waals surface area (Å²) < 4.78 is 13.4. The highest BCUT2D eigenvalue weighted by Crippen LogP contribution is 2.37. The van der Waals surface area contributed by atoms with Crippen LogP contribution < -0.4 is 9.47 Å². The van der Waals surface area contributed by atoms with Crippen molar-refractivity contribution in [2.24, 2.45) is 5.92 Å². The zero-order valence-electron chi connectivity index (χ0n) is 19.1. The van der Waals surface area contributed by atoms with Gasteiger partial charge < -0.3 is 19.4 Å². The molecule has 0 unspecified atom stereocenters. The third kappa shape index (κ3) is 3.79. The van der Waals surface area contributed by atoms with Gasteiger partial charge in [-0.2, -0.15) is 5.10 Å². The molecule has 0 saturated carbocycles. The lowest BCUT2D eigenvalue weighted by Crippen LogP contribution is -2.32. The highest BCUT2D eigenvalue weighted by molar-refractivity contribution is 5.89. The average Bonchev–Trinajstić information content (AvgIpc) is 3.42. The topological polar surface area (TPSA) is 80.6 Å². The molecule has 1 N–H and O–H groups in total. The minimum Gasteiger partial charge on any atom is -0.493 e. The number of ether oxygens (including phenoxy) is 2. The summed E-state index contributed by atoms with van der Waals surface area (Å²) >= 11 is 0. The van der Waals surface area contributed by atoms with E-state index >= 15 is 0 Å². The smallest absolute Gasteiger partial charge is 0.213 e. The van der Waals surface area contributed by atoms with Gasteiger partial charge in [0, 0.05) is 23.4 Å². The Morgan fingerprint density at radius 3 is 2.78 bits per heavy atom. The summed E-state index contributed by atoms with van der Waals surface area (Å²) in [5, 5.41) is 4.30. The molecular formula is C24H30N6O2. The maximum absolute atomic E-state index is 6.14. The summed E-state index contributed by atoms with van der Waals surface area (Å²) in [7, 11) is 3.83. The number of H-pyrrole nitrogens is 1. The summed E-state index contributed by atoms with van der Waals surface area (Å²) in [5.41, 5.74) is 5.80. The third-order valence-electron chi connectivity index (χ3n) is 6.39. The molecule has 8 nitrogen and oxygen atoms in total. The zero-order valence-corrected chi connectivity index (χ0v) is 19.1. The number of likely N-dealkylation sites (tertiary alicyclic amines) is 1. The molecule has 0 bridgehead atoms. The van der Waals surface area contributed by atoms with E-state index in [9.17, 15) is 0 Å². The first-order chi connectivity index (χ1) is 15.5. The van der Waals surface area contributed by atoms with Gasteiger partial charge in [0.2, 0.25) is 5.88 Å². The molecule has 8 heteroatoms. The summed E-state index contributed by atoms with van der Waals surface area (Å²) in [4.78, 5) is 15.1. The lowest BCUT2D eigenvalue weighted by molar-refractivity contribution is 0.157. The quantitative estimate of drug-likeness (QED) is 0.492. The van der Waals surface area contributed by atoms with E-state index in [0.717, 1.165) is 47.6 Å². The highest BCUT2D eigenvalue weighted by atomic mass is 16.5. The van der Waals surface area contributed by atoms with Crippen LogP contribution in [-0.4, -0.2) is 63.3 Å². The van der Waals surface area contributed by atoms with E-state index in [1.54, 1.807) is 11.6 Å². The van der Waals surface area contributed by atoms with Crippen molar-refractivity contribution in [3.63, 3.8) is 0 Å². The summed E-state index contributed by atoms with van der Waals surface area (Å²) in [6.07, 6.45) is 5.86. The van der Waals surface area contributed by atoms with Gasteiger partial charge in [-0.3, -0.25) is 0 Å². The number of rotatable bonds is 6. The van der Waals surface area contributed by atoms with Gasteiger partial charge in [-0.05, 0) is 56.9 Å². The number of piperidine rings is 1. The summed E-state index contributed by atoms with van der Waals surface area (Å²) in [6.45, 7) is 7.37. The molecule has 0 amide bonds. The Balaban J connectivity index is 1.50. The standard InChI is InChI=1S/C24H30N6O2/c1-15(2)21-22(17-11-19(31-4)24-25-14-26-30(24)12-17)27-18-5-6-20(28-23(18)21)32-13-16-7-9-29(3)10-8-16/h5-6,11-12,14-16,27H,7-10,13H2,1-4H3. The molecule has 0 atom stereocenters. The lowest BCUT2D eigenvalue weighted by Gasteiger charge is -2.28. The number of pyridine rings is 2. The van der Waals surface area contributed by atoms with Gasteiger partial charge in [0.15, 0.2) is 11.4 Å². The lowest BCUT2D eigenvalue weighted by atomic mass is 9.98. The minimum absolute atomic E-state index is 0.271. The fourth-order valence-corrected chi connectivity index (χ4v) is 4.55. The fourth-order valence-electron chi connectivity index (χ4n) is 4.55. The molecule has 5 rings (SSSR count). The molecule has 32 heavy (non-hydrogen) atoms. The number of hydrogen-bond acceptors (Lipinski definition) is 6. The molecule has 168 valence electrons. The van der Waals surface area contributed by atoms with E-state index in [0.29, 0.717) is 23.2 Å². The zero-order chi connectivity index (χ0) is 22.2. The molecule has 4 aromatic heterocycles.